The molecule has 8 nitrogen and oxygen atoms in total. The van der Waals surface area contributed by atoms with Gasteiger partial charge in [-0.05, 0) is 36.4 Å². The van der Waals surface area contributed by atoms with Gasteiger partial charge in [-0.25, -0.2) is 9.97 Å². The minimum atomic E-state index is 0. The van der Waals surface area contributed by atoms with E-state index in [2.05, 4.69) is 9.97 Å². The minimum Gasteiger partial charge on any atom is -0.693 e. The molecule has 27 heavy (non-hydrogen) atoms. The molecule has 0 radical (unpaired) electrons. The SMILES string of the molecule is [NH2-].[NH2-].[NH2-].[NH2-].[Ru+4].c1ccc2nc3c4cccnc4c4ncccc4c3nc2c1. The Balaban J connectivity index is 0.00000135. The number of aromatic nitrogens is 4. The number of pyridine rings is 2. The Morgan fingerprint density at radius 3 is 1.30 bits per heavy atom. The third-order valence-electron chi connectivity index (χ3n) is 3.92. The molecule has 8 N–H and O–H groups in total. The molecule has 0 aliphatic heterocycles. The third kappa shape index (κ3) is 3.59. The van der Waals surface area contributed by atoms with Gasteiger partial charge in [0.05, 0.1) is 33.1 Å². The summed E-state index contributed by atoms with van der Waals surface area (Å²) in [5, 5.41) is 1.98. The normalized spacial score (nSPS) is 9.48. The van der Waals surface area contributed by atoms with Gasteiger partial charge in [-0.2, -0.15) is 0 Å². The molecule has 0 amide bonds. The smallest absolute Gasteiger partial charge is 0.693 e. The largest absolute Gasteiger partial charge is 4.00 e. The second-order valence-electron chi connectivity index (χ2n) is 5.21. The van der Waals surface area contributed by atoms with Gasteiger partial charge < -0.3 is 24.6 Å². The van der Waals surface area contributed by atoms with Gasteiger partial charge >= 0.3 is 19.5 Å². The number of rotatable bonds is 0. The molecule has 0 unspecified atom stereocenters. The first-order valence-corrected chi connectivity index (χ1v) is 7.10. The molecule has 0 aliphatic carbocycles. The van der Waals surface area contributed by atoms with Crippen LogP contribution >= 0.6 is 0 Å². The molecule has 138 valence electrons. The third-order valence-corrected chi connectivity index (χ3v) is 3.92. The predicted molar refractivity (Wildman–Crippen MR) is 109 cm³/mol. The number of fused-ring (bicyclic) bond motifs is 7. The van der Waals surface area contributed by atoms with Crippen molar-refractivity contribution in [3.63, 3.8) is 0 Å². The van der Waals surface area contributed by atoms with Gasteiger partial charge in [0.1, 0.15) is 0 Å². The van der Waals surface area contributed by atoms with E-state index in [1.54, 1.807) is 12.4 Å². The maximum atomic E-state index is 4.83. The number of hydrogen-bond acceptors (Lipinski definition) is 4. The molecule has 0 bridgehead atoms. The van der Waals surface area contributed by atoms with E-state index in [1.165, 1.54) is 0 Å². The van der Waals surface area contributed by atoms with E-state index in [4.69, 9.17) is 9.97 Å². The molecule has 5 aromatic rings. The van der Waals surface area contributed by atoms with Crippen LogP contribution in [0.25, 0.3) is 68.5 Å². The molecular weight excluding hydrogens is 429 g/mol. The van der Waals surface area contributed by atoms with Crippen LogP contribution in [0.1, 0.15) is 0 Å². The van der Waals surface area contributed by atoms with Crippen molar-refractivity contribution < 1.29 is 19.5 Å². The summed E-state index contributed by atoms with van der Waals surface area (Å²) in [6.45, 7) is 0. The molecule has 0 aliphatic rings. The Morgan fingerprint density at radius 1 is 0.481 bits per heavy atom. The average molecular weight is 447 g/mol. The van der Waals surface area contributed by atoms with Crippen LogP contribution in [0.5, 0.6) is 0 Å². The van der Waals surface area contributed by atoms with E-state index in [0.717, 1.165) is 43.9 Å². The van der Waals surface area contributed by atoms with E-state index in [1.807, 2.05) is 48.5 Å². The van der Waals surface area contributed by atoms with Crippen molar-refractivity contribution in [1.29, 1.82) is 0 Å². The standard InChI is InChI=1S/C18H10N4.4H2N.Ru/c1-2-8-14-13(7-1)21-17-11-5-3-9-19-15(11)16-12(18(17)22-14)6-4-10-20-16;;;;;/h1-10H;4*1H2;/q;4*-1;+4. The maximum Gasteiger partial charge on any atom is 4.00 e. The molecule has 0 spiro atoms. The molecule has 3 heterocycles. The summed E-state index contributed by atoms with van der Waals surface area (Å²) >= 11 is 0. The van der Waals surface area contributed by atoms with Crippen molar-refractivity contribution in [2.45, 2.75) is 0 Å². The Morgan fingerprint density at radius 2 is 0.889 bits per heavy atom. The molecule has 9 heteroatoms. The van der Waals surface area contributed by atoms with E-state index in [0.29, 0.717) is 0 Å². The van der Waals surface area contributed by atoms with Crippen LogP contribution in [0.4, 0.5) is 0 Å². The quantitative estimate of drug-likeness (QED) is 0.144. The second kappa shape index (κ2) is 9.32. The van der Waals surface area contributed by atoms with Gasteiger partial charge in [-0.1, -0.05) is 12.1 Å². The second-order valence-corrected chi connectivity index (χ2v) is 5.21. The Hall–Kier alpha value is -2.68. The van der Waals surface area contributed by atoms with Gasteiger partial charge in [0, 0.05) is 23.2 Å². The van der Waals surface area contributed by atoms with Crippen LogP contribution in [0.3, 0.4) is 0 Å². The van der Waals surface area contributed by atoms with Crippen molar-refractivity contribution in [3.05, 3.63) is 85.5 Å². The first-order valence-electron chi connectivity index (χ1n) is 7.10. The molecule has 0 atom stereocenters. The fraction of sp³-hybridized carbons (Fsp3) is 0. The first-order chi connectivity index (χ1) is 10.9. The van der Waals surface area contributed by atoms with Crippen molar-refractivity contribution in [1.82, 2.24) is 19.9 Å². The van der Waals surface area contributed by atoms with E-state index in [9.17, 15) is 0 Å². The van der Waals surface area contributed by atoms with Gasteiger partial charge in [0.15, 0.2) is 0 Å². The minimum absolute atomic E-state index is 0. The van der Waals surface area contributed by atoms with Crippen LogP contribution < -0.4 is 0 Å². The summed E-state index contributed by atoms with van der Waals surface area (Å²) < 4.78 is 0. The van der Waals surface area contributed by atoms with Crippen molar-refractivity contribution in [2.24, 2.45) is 0 Å². The molecule has 2 aromatic carbocycles. The molecule has 0 saturated heterocycles. The summed E-state index contributed by atoms with van der Waals surface area (Å²) in [6.07, 6.45) is 3.58. The number of nitrogens with two attached hydrogens (primary N) is 4. The number of hydrogen-bond donors (Lipinski definition) is 0. The summed E-state index contributed by atoms with van der Waals surface area (Å²) in [6, 6.07) is 15.8. The van der Waals surface area contributed by atoms with E-state index >= 15 is 0 Å². The number of benzene rings is 2. The number of para-hydroxylation sites is 2. The van der Waals surface area contributed by atoms with Crippen molar-refractivity contribution in [2.75, 3.05) is 0 Å². The summed E-state index contributed by atoms with van der Waals surface area (Å²) in [5.74, 6) is 0. The number of nitrogens with zero attached hydrogens (tertiary/aromatic N) is 4. The monoisotopic (exact) mass is 448 g/mol. The van der Waals surface area contributed by atoms with Crippen LogP contribution in [-0.2, 0) is 19.5 Å². The fourth-order valence-corrected chi connectivity index (χ4v) is 2.95. The first kappa shape index (κ1) is 24.3. The zero-order valence-electron chi connectivity index (χ0n) is 14.2. The summed E-state index contributed by atoms with van der Waals surface area (Å²) in [7, 11) is 0. The molecule has 5 rings (SSSR count). The van der Waals surface area contributed by atoms with Crippen LogP contribution in [0.2, 0.25) is 0 Å². The zero-order valence-corrected chi connectivity index (χ0v) is 16.0. The molecular formula is C18H18N8Ru. The molecule has 0 saturated carbocycles. The van der Waals surface area contributed by atoms with Gasteiger partial charge in [0.25, 0.3) is 0 Å². The Labute approximate surface area is 168 Å². The van der Waals surface area contributed by atoms with Crippen molar-refractivity contribution in [3.8, 4) is 0 Å². The van der Waals surface area contributed by atoms with Crippen molar-refractivity contribution >= 4 is 43.9 Å². The molecule has 3 aromatic heterocycles. The predicted octanol–water partition coefficient (Wildman–Crippen LogP) is 6.75. The van der Waals surface area contributed by atoms with Crippen LogP contribution in [0, 0.1) is 0 Å². The zero-order chi connectivity index (χ0) is 14.5. The fourth-order valence-electron chi connectivity index (χ4n) is 2.95. The van der Waals surface area contributed by atoms with Crippen LogP contribution in [-0.4, -0.2) is 19.9 Å². The molecule has 0 fully saturated rings. The average Bonchev–Trinajstić information content (AvgIpc) is 2.61. The Kier molecular flexibility index (Phi) is 8.39. The Bertz CT molecular complexity index is 1100. The maximum absolute atomic E-state index is 4.83. The van der Waals surface area contributed by atoms with Gasteiger partial charge in [-0.15, -0.1) is 0 Å². The topological polar surface area (TPSA) is 186 Å². The van der Waals surface area contributed by atoms with Gasteiger partial charge in [0.2, 0.25) is 0 Å². The van der Waals surface area contributed by atoms with Gasteiger partial charge in [-0.3, -0.25) is 9.97 Å². The summed E-state index contributed by atoms with van der Waals surface area (Å²) in [4.78, 5) is 18.7. The van der Waals surface area contributed by atoms with E-state index in [-0.39, 0.29) is 44.1 Å². The summed E-state index contributed by atoms with van der Waals surface area (Å²) in [5.41, 5.74) is 5.28. The van der Waals surface area contributed by atoms with Crippen LogP contribution in [0.15, 0.2) is 60.9 Å². The van der Waals surface area contributed by atoms with E-state index < -0.39 is 0 Å².